The van der Waals surface area contributed by atoms with Crippen molar-refractivity contribution in [3.8, 4) is 23.0 Å². The van der Waals surface area contributed by atoms with Crippen LogP contribution in [0, 0.1) is 0 Å². The molecule has 0 aromatic heterocycles. The third-order valence-corrected chi connectivity index (χ3v) is 14.0. The smallest absolute Gasteiger partial charge is 0.303 e. The van der Waals surface area contributed by atoms with E-state index in [2.05, 4.69) is 42.5 Å². The minimum absolute atomic E-state index is 0.0245. The monoisotopic (exact) mass is 1240 g/mol. The summed E-state index contributed by atoms with van der Waals surface area (Å²) in [5, 5.41) is 30.9. The molecule has 0 fully saturated rings. The maximum atomic E-state index is 14.3. The van der Waals surface area contributed by atoms with Crippen LogP contribution in [0.1, 0.15) is 138 Å². The van der Waals surface area contributed by atoms with Gasteiger partial charge in [0.15, 0.2) is 0 Å². The highest BCUT2D eigenvalue weighted by Gasteiger charge is 2.29. The molecular formula is C61H85N13O15. The van der Waals surface area contributed by atoms with Crippen molar-refractivity contribution >= 4 is 81.9 Å². The van der Waals surface area contributed by atoms with Crippen molar-refractivity contribution in [2.45, 2.75) is 120 Å². The van der Waals surface area contributed by atoms with Crippen molar-refractivity contribution < 1.29 is 72.0 Å². The summed E-state index contributed by atoms with van der Waals surface area (Å²) in [4.78, 5) is 134. The van der Waals surface area contributed by atoms with Gasteiger partial charge in [0.25, 0.3) is 23.6 Å². The van der Waals surface area contributed by atoms with Gasteiger partial charge in [0.2, 0.25) is 29.5 Å². The van der Waals surface area contributed by atoms with E-state index in [1.165, 1.54) is 101 Å². The predicted molar refractivity (Wildman–Crippen MR) is 334 cm³/mol. The molecule has 4 rings (SSSR count). The molecule has 0 bridgehead atoms. The SMILES string of the molecule is COc1ccc(NC(=O)C(CCCCN)NC(=O)c2cc(NC(=O)C(CCCCN)NC(=O)c3cc(NC(=O)C(CCCCN)NC(=O)c4cc(NC(=O)C(CCCCN)NC(=O)CCCC(=O)O)ccc4OC)ccc3OC)ccc2OC)cc1C(N)=O. The molecule has 0 aliphatic rings. The summed E-state index contributed by atoms with van der Waals surface area (Å²) in [5.41, 5.74) is 29.0. The number of anilines is 4. The van der Waals surface area contributed by atoms with Crippen molar-refractivity contribution in [3.63, 3.8) is 0 Å². The molecule has 0 aliphatic heterocycles. The highest BCUT2D eigenvalue weighted by Crippen LogP contribution is 2.28. The summed E-state index contributed by atoms with van der Waals surface area (Å²) in [5.74, 6) is -6.71. The van der Waals surface area contributed by atoms with E-state index in [0.717, 1.165) is 0 Å². The molecule has 0 saturated heterocycles. The second-order valence-electron chi connectivity index (χ2n) is 20.6. The number of ether oxygens (including phenoxy) is 4. The van der Waals surface area contributed by atoms with Crippen LogP contribution in [0.3, 0.4) is 0 Å². The van der Waals surface area contributed by atoms with Gasteiger partial charge in [0, 0.05) is 35.6 Å². The van der Waals surface area contributed by atoms with E-state index >= 15 is 0 Å². The van der Waals surface area contributed by atoms with E-state index in [1.54, 1.807) is 0 Å². The number of benzene rings is 4. The molecule has 28 heteroatoms. The number of carbonyl (C=O) groups is 10. The second kappa shape index (κ2) is 38.0. The standard InChI is InChI=1S/C61H85N13O15/c1-86-48-24-20-36(32-40(48)54(66)78)67-59(83)45(15-6-10-29-63)72-56(80)42-34-38(22-26-50(42)88-3)69-61(85)47(17-8-12-31-65)74-57(81)43-35-39(23-27-51(43)89-4)70-60(84)46(16-7-11-30-64)73-55(79)41-33-37(21-25-49(41)87-2)68-58(82)44(14-5-9-28-62)71-52(75)18-13-19-53(76)77/h20-27,32-35,44-47H,5-19,28-31,62-65H2,1-4H3,(H2,66,78)(H,67,83)(H,68,82)(H,69,85)(H,70,84)(H,71,75)(H,72,80)(H,73,79)(H,74,81)(H,76,77). The summed E-state index contributed by atoms with van der Waals surface area (Å²) in [6.45, 7) is 1.27. The number of methoxy groups -OCH3 is 4. The number of amides is 9. The third-order valence-electron chi connectivity index (χ3n) is 14.0. The number of carbonyl (C=O) groups excluding carboxylic acids is 9. The van der Waals surface area contributed by atoms with Crippen molar-refractivity contribution in [2.75, 3.05) is 75.9 Å². The zero-order chi connectivity index (χ0) is 65.4. The quantitative estimate of drug-likeness (QED) is 0.0284. The van der Waals surface area contributed by atoms with Gasteiger partial charge < -0.3 is 95.3 Å². The van der Waals surface area contributed by atoms with E-state index in [1.807, 2.05) is 0 Å². The number of aliphatic carboxylic acids is 1. The number of carboxylic acids is 1. The first-order valence-corrected chi connectivity index (χ1v) is 29.2. The predicted octanol–water partition coefficient (Wildman–Crippen LogP) is 3.23. The van der Waals surface area contributed by atoms with Crippen LogP contribution in [-0.4, -0.2) is 143 Å². The first kappa shape index (κ1) is 72.1. The minimum atomic E-state index is -1.20. The topological polar surface area (TPSA) is 454 Å². The Kier molecular flexibility index (Phi) is 30.8. The van der Waals surface area contributed by atoms with E-state index < -0.39 is 83.3 Å². The van der Waals surface area contributed by atoms with Gasteiger partial charge in [-0.05, 0) is 182 Å². The molecule has 0 aliphatic carbocycles. The van der Waals surface area contributed by atoms with Crippen LogP contribution in [0.15, 0.2) is 72.8 Å². The number of hydrogen-bond donors (Lipinski definition) is 14. The number of nitrogens with one attached hydrogen (secondary N) is 8. The average Bonchev–Trinajstić information content (AvgIpc) is 3.19. The lowest BCUT2D eigenvalue weighted by Crippen LogP contribution is -2.44. The van der Waals surface area contributed by atoms with Crippen molar-refractivity contribution in [3.05, 3.63) is 95.1 Å². The summed E-state index contributed by atoms with van der Waals surface area (Å²) < 4.78 is 21.7. The fourth-order valence-corrected chi connectivity index (χ4v) is 9.21. The molecule has 0 saturated carbocycles. The Labute approximate surface area is 516 Å². The minimum Gasteiger partial charge on any atom is -0.496 e. The Balaban J connectivity index is 1.55. The lowest BCUT2D eigenvalue weighted by molar-refractivity contribution is -0.137. The molecule has 4 aromatic rings. The van der Waals surface area contributed by atoms with Gasteiger partial charge in [-0.25, -0.2) is 0 Å². The Morgan fingerprint density at radius 1 is 0.382 bits per heavy atom. The largest absolute Gasteiger partial charge is 0.496 e. The molecule has 28 nitrogen and oxygen atoms in total. The average molecular weight is 1240 g/mol. The zero-order valence-corrected chi connectivity index (χ0v) is 50.7. The lowest BCUT2D eigenvalue weighted by atomic mass is 10.1. The number of nitrogens with two attached hydrogens (primary N) is 5. The van der Waals surface area contributed by atoms with Gasteiger partial charge in [-0.2, -0.15) is 0 Å². The van der Waals surface area contributed by atoms with Gasteiger partial charge in [-0.3, -0.25) is 47.9 Å². The van der Waals surface area contributed by atoms with Gasteiger partial charge in [-0.1, -0.05) is 0 Å². The molecule has 0 radical (unpaired) electrons. The van der Waals surface area contributed by atoms with Crippen LogP contribution in [0.2, 0.25) is 0 Å². The summed E-state index contributed by atoms with van der Waals surface area (Å²) >= 11 is 0. The van der Waals surface area contributed by atoms with Crippen LogP contribution in [0.5, 0.6) is 23.0 Å². The van der Waals surface area contributed by atoms with Crippen LogP contribution in [0.4, 0.5) is 22.7 Å². The fraction of sp³-hybridized carbons (Fsp3) is 0.443. The molecule has 4 unspecified atom stereocenters. The van der Waals surface area contributed by atoms with Crippen LogP contribution in [-0.2, 0) is 28.8 Å². The number of primary amides is 1. The highest BCUT2D eigenvalue weighted by atomic mass is 16.5. The van der Waals surface area contributed by atoms with E-state index in [9.17, 15) is 47.9 Å². The van der Waals surface area contributed by atoms with Gasteiger partial charge in [0.1, 0.15) is 47.2 Å². The molecular weight excluding hydrogens is 1150 g/mol. The molecule has 4 atom stereocenters. The van der Waals surface area contributed by atoms with Gasteiger partial charge >= 0.3 is 5.97 Å². The molecule has 484 valence electrons. The summed E-state index contributed by atoms with van der Waals surface area (Å²) in [6.07, 6.45) is 4.26. The lowest BCUT2D eigenvalue weighted by Gasteiger charge is -2.22. The Morgan fingerprint density at radius 2 is 0.652 bits per heavy atom. The molecule has 89 heavy (non-hydrogen) atoms. The van der Waals surface area contributed by atoms with E-state index in [0.29, 0.717) is 77.5 Å². The highest BCUT2D eigenvalue weighted by molar-refractivity contribution is 6.08. The van der Waals surface area contributed by atoms with Crippen molar-refractivity contribution in [2.24, 2.45) is 28.7 Å². The normalized spacial score (nSPS) is 12.1. The van der Waals surface area contributed by atoms with Crippen LogP contribution < -0.4 is 90.2 Å². The van der Waals surface area contributed by atoms with Gasteiger partial charge in [0.05, 0.1) is 50.7 Å². The number of rotatable bonds is 40. The Morgan fingerprint density at radius 3 is 0.910 bits per heavy atom. The number of carboxylic acid groups (broad SMARTS) is 1. The van der Waals surface area contributed by atoms with Crippen molar-refractivity contribution in [1.82, 2.24) is 21.3 Å². The number of hydrogen-bond acceptors (Lipinski definition) is 18. The van der Waals surface area contributed by atoms with Gasteiger partial charge in [-0.15, -0.1) is 0 Å². The number of unbranched alkanes of at least 4 members (excludes halogenated alkanes) is 4. The first-order chi connectivity index (χ1) is 42.7. The molecule has 0 spiro atoms. The molecule has 0 heterocycles. The van der Waals surface area contributed by atoms with Crippen LogP contribution in [0.25, 0.3) is 0 Å². The third kappa shape index (κ3) is 23.3. The summed E-state index contributed by atoms with van der Waals surface area (Å²) in [6, 6.07) is 12.6. The Hall–Kier alpha value is -9.38. The maximum Gasteiger partial charge on any atom is 0.303 e. The molecule has 4 aromatic carbocycles. The zero-order valence-electron chi connectivity index (χ0n) is 50.7. The molecule has 9 amide bonds. The van der Waals surface area contributed by atoms with E-state index in [-0.39, 0.29) is 113 Å². The Bertz CT molecular complexity index is 3090. The van der Waals surface area contributed by atoms with Crippen molar-refractivity contribution in [1.29, 1.82) is 0 Å². The fourth-order valence-electron chi connectivity index (χ4n) is 9.21. The van der Waals surface area contributed by atoms with E-state index in [4.69, 9.17) is 52.7 Å². The maximum absolute atomic E-state index is 14.3. The van der Waals surface area contributed by atoms with Crippen LogP contribution >= 0.6 is 0 Å². The molecule has 19 N–H and O–H groups in total. The summed E-state index contributed by atoms with van der Waals surface area (Å²) in [7, 11) is 5.36. The second-order valence-corrected chi connectivity index (χ2v) is 20.6. The first-order valence-electron chi connectivity index (χ1n) is 29.2.